The van der Waals surface area contributed by atoms with Gasteiger partial charge in [-0.3, -0.25) is 4.79 Å². The molecule has 1 aliphatic rings. The van der Waals surface area contributed by atoms with Crippen LogP contribution < -0.4 is 11.1 Å². The molecule has 4 nitrogen and oxygen atoms in total. The number of carbonyl (C=O) groups excluding carboxylic acids is 1. The summed E-state index contributed by atoms with van der Waals surface area (Å²) < 4.78 is 0. The van der Waals surface area contributed by atoms with Crippen LogP contribution in [0.5, 0.6) is 0 Å². The first-order valence-corrected chi connectivity index (χ1v) is 6.67. The summed E-state index contributed by atoms with van der Waals surface area (Å²) in [5, 5.41) is 13.0. The van der Waals surface area contributed by atoms with Gasteiger partial charge in [-0.25, -0.2) is 0 Å². The van der Waals surface area contributed by atoms with E-state index in [9.17, 15) is 9.90 Å². The fourth-order valence-corrected chi connectivity index (χ4v) is 2.49. The molecular formula is C13H26N2O2. The lowest BCUT2D eigenvalue weighted by atomic mass is 9.95. The van der Waals surface area contributed by atoms with Gasteiger partial charge in [0.2, 0.25) is 5.91 Å². The lowest BCUT2D eigenvalue weighted by molar-refractivity contribution is -0.126. The first-order valence-electron chi connectivity index (χ1n) is 6.67. The topological polar surface area (TPSA) is 75.4 Å². The Balaban J connectivity index is 2.36. The van der Waals surface area contributed by atoms with Crippen molar-refractivity contribution in [2.45, 2.75) is 51.6 Å². The van der Waals surface area contributed by atoms with E-state index in [0.29, 0.717) is 19.0 Å². The van der Waals surface area contributed by atoms with Crippen molar-refractivity contribution in [1.82, 2.24) is 5.32 Å². The highest BCUT2D eigenvalue weighted by Crippen LogP contribution is 2.28. The predicted octanol–water partition coefficient (Wildman–Crippen LogP) is 1.03. The van der Waals surface area contributed by atoms with E-state index in [4.69, 9.17) is 5.73 Å². The normalized spacial score (nSPS) is 20.5. The van der Waals surface area contributed by atoms with Gasteiger partial charge in [0.1, 0.15) is 0 Å². The van der Waals surface area contributed by atoms with Crippen molar-refractivity contribution in [2.24, 2.45) is 17.6 Å². The molecule has 1 rings (SSSR count). The third-order valence-corrected chi connectivity index (χ3v) is 3.54. The molecule has 1 atom stereocenters. The number of hydrogen-bond acceptors (Lipinski definition) is 3. The van der Waals surface area contributed by atoms with E-state index in [0.717, 1.165) is 32.1 Å². The minimum absolute atomic E-state index is 0.0125. The van der Waals surface area contributed by atoms with Crippen LogP contribution in [0, 0.1) is 11.8 Å². The van der Waals surface area contributed by atoms with E-state index in [1.54, 1.807) is 0 Å². The Morgan fingerprint density at radius 3 is 2.47 bits per heavy atom. The van der Waals surface area contributed by atoms with E-state index in [2.05, 4.69) is 19.2 Å². The van der Waals surface area contributed by atoms with Crippen molar-refractivity contribution in [3.05, 3.63) is 0 Å². The maximum atomic E-state index is 11.9. The quantitative estimate of drug-likeness (QED) is 0.651. The molecule has 0 aliphatic heterocycles. The number of amides is 1. The van der Waals surface area contributed by atoms with Gasteiger partial charge in [0.25, 0.3) is 0 Å². The summed E-state index contributed by atoms with van der Waals surface area (Å²) in [5.74, 6) is 0.324. The van der Waals surface area contributed by atoms with Gasteiger partial charge in [-0.15, -0.1) is 0 Å². The summed E-state index contributed by atoms with van der Waals surface area (Å²) in [6.45, 7) is 4.92. The Kier molecular flexibility index (Phi) is 5.40. The Morgan fingerprint density at radius 1 is 1.41 bits per heavy atom. The van der Waals surface area contributed by atoms with Gasteiger partial charge in [0.15, 0.2) is 0 Å². The SMILES string of the molecule is CC(C)CC(CN)C(=O)NCC1(O)CCCC1. The van der Waals surface area contributed by atoms with Crippen LogP contribution >= 0.6 is 0 Å². The largest absolute Gasteiger partial charge is 0.388 e. The summed E-state index contributed by atoms with van der Waals surface area (Å²) in [7, 11) is 0. The molecule has 17 heavy (non-hydrogen) atoms. The number of hydrogen-bond donors (Lipinski definition) is 3. The molecule has 4 N–H and O–H groups in total. The number of carbonyl (C=O) groups is 1. The van der Waals surface area contributed by atoms with Gasteiger partial charge >= 0.3 is 0 Å². The fourth-order valence-electron chi connectivity index (χ4n) is 2.49. The van der Waals surface area contributed by atoms with E-state index in [-0.39, 0.29) is 11.8 Å². The molecule has 100 valence electrons. The van der Waals surface area contributed by atoms with Gasteiger partial charge in [0.05, 0.1) is 11.5 Å². The van der Waals surface area contributed by atoms with Crippen molar-refractivity contribution in [3.8, 4) is 0 Å². The summed E-state index contributed by atoms with van der Waals surface area (Å²) >= 11 is 0. The third-order valence-electron chi connectivity index (χ3n) is 3.54. The number of aliphatic hydroxyl groups is 1. The van der Waals surface area contributed by atoms with Crippen LogP contribution in [0.25, 0.3) is 0 Å². The second-order valence-corrected chi connectivity index (χ2v) is 5.71. The average molecular weight is 242 g/mol. The minimum atomic E-state index is -0.674. The Bertz CT molecular complexity index is 248. The van der Waals surface area contributed by atoms with Crippen molar-refractivity contribution in [3.63, 3.8) is 0 Å². The van der Waals surface area contributed by atoms with E-state index in [1.807, 2.05) is 0 Å². The molecule has 1 saturated carbocycles. The molecule has 0 saturated heterocycles. The number of nitrogens with one attached hydrogen (secondary N) is 1. The highest BCUT2D eigenvalue weighted by Gasteiger charge is 2.32. The summed E-state index contributed by atoms with van der Waals surface area (Å²) in [6, 6.07) is 0. The molecule has 0 radical (unpaired) electrons. The van der Waals surface area contributed by atoms with E-state index < -0.39 is 5.60 Å². The maximum absolute atomic E-state index is 11.9. The highest BCUT2D eigenvalue weighted by molar-refractivity contribution is 5.78. The zero-order valence-corrected chi connectivity index (χ0v) is 11.0. The molecule has 0 aromatic rings. The van der Waals surface area contributed by atoms with Crippen LogP contribution in [0.4, 0.5) is 0 Å². The fraction of sp³-hybridized carbons (Fsp3) is 0.923. The standard InChI is InChI=1S/C13H26N2O2/c1-10(2)7-11(8-14)12(16)15-9-13(17)5-3-4-6-13/h10-11,17H,3-9,14H2,1-2H3,(H,15,16). The van der Waals surface area contributed by atoms with Gasteiger partial charge < -0.3 is 16.2 Å². The number of nitrogens with two attached hydrogens (primary N) is 1. The minimum Gasteiger partial charge on any atom is -0.388 e. The second-order valence-electron chi connectivity index (χ2n) is 5.71. The smallest absolute Gasteiger partial charge is 0.224 e. The Hall–Kier alpha value is -0.610. The van der Waals surface area contributed by atoms with Gasteiger partial charge in [-0.05, 0) is 25.2 Å². The molecule has 0 aromatic heterocycles. The molecule has 0 spiro atoms. The number of rotatable bonds is 6. The lowest BCUT2D eigenvalue weighted by Gasteiger charge is -2.24. The van der Waals surface area contributed by atoms with Gasteiger partial charge in [-0.2, -0.15) is 0 Å². The Morgan fingerprint density at radius 2 is 2.00 bits per heavy atom. The first kappa shape index (κ1) is 14.5. The molecule has 1 unspecified atom stereocenters. The third kappa shape index (κ3) is 4.64. The van der Waals surface area contributed by atoms with E-state index in [1.165, 1.54) is 0 Å². The van der Waals surface area contributed by atoms with Gasteiger partial charge in [0, 0.05) is 13.1 Å². The van der Waals surface area contributed by atoms with Crippen LogP contribution in [0.1, 0.15) is 46.0 Å². The summed E-state index contributed by atoms with van der Waals surface area (Å²) in [4.78, 5) is 11.9. The zero-order chi connectivity index (χ0) is 12.9. The molecule has 0 bridgehead atoms. The van der Waals surface area contributed by atoms with Crippen LogP contribution in [-0.2, 0) is 4.79 Å². The predicted molar refractivity (Wildman–Crippen MR) is 68.4 cm³/mol. The molecule has 0 aromatic carbocycles. The van der Waals surface area contributed by atoms with Crippen LogP contribution in [0.15, 0.2) is 0 Å². The van der Waals surface area contributed by atoms with Gasteiger partial charge in [-0.1, -0.05) is 26.7 Å². The molecule has 1 fully saturated rings. The zero-order valence-electron chi connectivity index (χ0n) is 11.0. The van der Waals surface area contributed by atoms with Crippen molar-refractivity contribution >= 4 is 5.91 Å². The molecular weight excluding hydrogens is 216 g/mol. The lowest BCUT2D eigenvalue weighted by Crippen LogP contribution is -2.44. The molecule has 0 heterocycles. The second kappa shape index (κ2) is 6.36. The van der Waals surface area contributed by atoms with Crippen molar-refractivity contribution in [1.29, 1.82) is 0 Å². The molecule has 1 amide bonds. The van der Waals surface area contributed by atoms with Crippen LogP contribution in [0.3, 0.4) is 0 Å². The highest BCUT2D eigenvalue weighted by atomic mass is 16.3. The molecule has 1 aliphatic carbocycles. The Labute approximate surface area is 104 Å². The van der Waals surface area contributed by atoms with Crippen molar-refractivity contribution in [2.75, 3.05) is 13.1 Å². The monoisotopic (exact) mass is 242 g/mol. The van der Waals surface area contributed by atoms with Crippen LogP contribution in [-0.4, -0.2) is 29.7 Å². The van der Waals surface area contributed by atoms with Crippen molar-refractivity contribution < 1.29 is 9.90 Å². The first-order chi connectivity index (χ1) is 7.97. The maximum Gasteiger partial charge on any atom is 0.224 e. The molecule has 4 heteroatoms. The van der Waals surface area contributed by atoms with E-state index >= 15 is 0 Å². The van der Waals surface area contributed by atoms with Crippen LogP contribution in [0.2, 0.25) is 0 Å². The summed E-state index contributed by atoms with van der Waals surface area (Å²) in [6.07, 6.45) is 4.51. The average Bonchev–Trinajstić information content (AvgIpc) is 2.70. The summed E-state index contributed by atoms with van der Waals surface area (Å²) in [5.41, 5.74) is 4.94.